The molecule has 0 aliphatic rings. The summed E-state index contributed by atoms with van der Waals surface area (Å²) < 4.78 is 5.10. The quantitative estimate of drug-likeness (QED) is 0.784. The maximum atomic E-state index is 6.02. The van der Waals surface area contributed by atoms with E-state index in [2.05, 4.69) is 10.1 Å². The van der Waals surface area contributed by atoms with Crippen LogP contribution in [0.15, 0.2) is 27.9 Å². The molecule has 2 heterocycles. The molecule has 0 atom stereocenters. The molecule has 0 spiro atoms. The first kappa shape index (κ1) is 11.5. The predicted molar refractivity (Wildman–Crippen MR) is 64.8 cm³/mol. The summed E-state index contributed by atoms with van der Waals surface area (Å²) in [5.74, 6) is 1.63. The number of pyridine rings is 1. The van der Waals surface area contributed by atoms with Crippen molar-refractivity contribution in [3.63, 3.8) is 0 Å². The Balaban J connectivity index is 2.11. The Labute approximate surface area is 103 Å². The van der Waals surface area contributed by atoms with Gasteiger partial charge in [0.2, 0.25) is 0 Å². The summed E-state index contributed by atoms with van der Waals surface area (Å²) in [4.78, 5) is 4.22. The zero-order valence-corrected chi connectivity index (χ0v) is 10.6. The second kappa shape index (κ2) is 4.89. The monoisotopic (exact) mass is 254 g/mol. The molecule has 16 heavy (non-hydrogen) atoms. The molecule has 0 saturated carbocycles. The number of aromatic nitrogens is 2. The first-order valence-electron chi connectivity index (χ1n) is 4.83. The molecule has 0 amide bonds. The molecule has 0 radical (unpaired) electrons. The molecular weight excluding hydrogens is 244 g/mol. The molecule has 2 aromatic heterocycles. The first-order chi connectivity index (χ1) is 7.68. The van der Waals surface area contributed by atoms with Gasteiger partial charge in [-0.15, -0.1) is 0 Å². The molecular formula is C11H11ClN2OS. The maximum Gasteiger partial charge on any atom is 0.137 e. The Kier molecular flexibility index (Phi) is 3.51. The second-order valence-electron chi connectivity index (χ2n) is 3.38. The topological polar surface area (TPSA) is 38.9 Å². The number of aryl methyl sites for hydroxylation is 2. The van der Waals surface area contributed by atoms with Gasteiger partial charge < -0.3 is 4.52 Å². The van der Waals surface area contributed by atoms with E-state index in [9.17, 15) is 0 Å². The standard InChI is InChI=1S/C11H11ClN2OS/c1-7-9(8(2)15-14-7)6-16-11-10(12)4-3-5-13-11/h3-5H,6H2,1-2H3. The Bertz CT molecular complexity index is 479. The average molecular weight is 255 g/mol. The largest absolute Gasteiger partial charge is 0.361 e. The summed E-state index contributed by atoms with van der Waals surface area (Å²) in [7, 11) is 0. The lowest BCUT2D eigenvalue weighted by molar-refractivity contribution is 0.392. The Morgan fingerprint density at radius 3 is 2.88 bits per heavy atom. The average Bonchev–Trinajstić information content (AvgIpc) is 2.58. The molecule has 2 rings (SSSR count). The van der Waals surface area contributed by atoms with Crippen LogP contribution in [0.2, 0.25) is 5.02 Å². The van der Waals surface area contributed by atoms with Crippen LogP contribution in [0.5, 0.6) is 0 Å². The fourth-order valence-corrected chi connectivity index (χ4v) is 2.65. The molecule has 0 bridgehead atoms. The maximum absolute atomic E-state index is 6.02. The third-order valence-electron chi connectivity index (χ3n) is 2.26. The molecule has 2 aromatic rings. The highest BCUT2D eigenvalue weighted by Gasteiger charge is 2.10. The zero-order chi connectivity index (χ0) is 11.5. The van der Waals surface area contributed by atoms with E-state index in [1.165, 1.54) is 0 Å². The van der Waals surface area contributed by atoms with Crippen molar-refractivity contribution in [3.8, 4) is 0 Å². The predicted octanol–water partition coefficient (Wildman–Crippen LogP) is 3.63. The molecule has 84 valence electrons. The minimum atomic E-state index is 0.680. The van der Waals surface area contributed by atoms with Crippen molar-refractivity contribution in [2.45, 2.75) is 24.6 Å². The first-order valence-corrected chi connectivity index (χ1v) is 6.20. The van der Waals surface area contributed by atoms with Crippen molar-refractivity contribution >= 4 is 23.4 Å². The normalized spacial score (nSPS) is 10.7. The molecule has 0 N–H and O–H groups in total. The zero-order valence-electron chi connectivity index (χ0n) is 9.03. The van der Waals surface area contributed by atoms with Gasteiger partial charge in [0.05, 0.1) is 10.7 Å². The smallest absolute Gasteiger partial charge is 0.137 e. The molecule has 0 fully saturated rings. The highest BCUT2D eigenvalue weighted by Crippen LogP contribution is 2.29. The van der Waals surface area contributed by atoms with Gasteiger partial charge in [0, 0.05) is 17.5 Å². The van der Waals surface area contributed by atoms with Gasteiger partial charge in [-0.05, 0) is 26.0 Å². The van der Waals surface area contributed by atoms with E-state index in [1.54, 1.807) is 18.0 Å². The van der Waals surface area contributed by atoms with Gasteiger partial charge in [-0.3, -0.25) is 0 Å². The van der Waals surface area contributed by atoms with Crippen molar-refractivity contribution in [3.05, 3.63) is 40.4 Å². The fourth-order valence-electron chi connectivity index (χ4n) is 1.33. The van der Waals surface area contributed by atoms with E-state index in [0.29, 0.717) is 5.02 Å². The van der Waals surface area contributed by atoms with Gasteiger partial charge in [-0.25, -0.2) is 4.98 Å². The lowest BCUT2D eigenvalue weighted by Gasteiger charge is -2.01. The van der Waals surface area contributed by atoms with Crippen LogP contribution in [0.3, 0.4) is 0 Å². The van der Waals surface area contributed by atoms with Gasteiger partial charge in [0.25, 0.3) is 0 Å². The van der Waals surface area contributed by atoms with Crippen LogP contribution < -0.4 is 0 Å². The van der Waals surface area contributed by atoms with Gasteiger partial charge in [-0.1, -0.05) is 28.5 Å². The van der Waals surface area contributed by atoms with Crippen LogP contribution in [0, 0.1) is 13.8 Å². The van der Waals surface area contributed by atoms with Crippen molar-refractivity contribution in [1.82, 2.24) is 10.1 Å². The van der Waals surface area contributed by atoms with Crippen LogP contribution in [0.4, 0.5) is 0 Å². The van der Waals surface area contributed by atoms with Gasteiger partial charge in [-0.2, -0.15) is 0 Å². The SMILES string of the molecule is Cc1noc(C)c1CSc1ncccc1Cl. The van der Waals surface area contributed by atoms with Crippen molar-refractivity contribution in [2.24, 2.45) is 0 Å². The molecule has 0 aromatic carbocycles. The molecule has 3 nitrogen and oxygen atoms in total. The molecule has 0 aliphatic carbocycles. The summed E-state index contributed by atoms with van der Waals surface area (Å²) in [6.07, 6.45) is 1.74. The van der Waals surface area contributed by atoms with Gasteiger partial charge >= 0.3 is 0 Å². The van der Waals surface area contributed by atoms with Crippen molar-refractivity contribution in [1.29, 1.82) is 0 Å². The third kappa shape index (κ3) is 2.39. The summed E-state index contributed by atoms with van der Waals surface area (Å²) >= 11 is 7.61. The highest BCUT2D eigenvalue weighted by molar-refractivity contribution is 7.98. The summed E-state index contributed by atoms with van der Waals surface area (Å²) in [5, 5.41) is 5.43. The van der Waals surface area contributed by atoms with Crippen molar-refractivity contribution < 1.29 is 4.52 Å². The molecule has 0 aliphatic heterocycles. The number of rotatable bonds is 3. The number of hydrogen-bond acceptors (Lipinski definition) is 4. The Morgan fingerprint density at radius 1 is 1.44 bits per heavy atom. The minimum Gasteiger partial charge on any atom is -0.361 e. The lowest BCUT2D eigenvalue weighted by Crippen LogP contribution is -1.87. The van der Waals surface area contributed by atoms with Crippen LogP contribution >= 0.6 is 23.4 Å². The Morgan fingerprint density at radius 2 is 2.25 bits per heavy atom. The minimum absolute atomic E-state index is 0.680. The van der Waals surface area contributed by atoms with E-state index in [1.807, 2.05) is 26.0 Å². The van der Waals surface area contributed by atoms with E-state index >= 15 is 0 Å². The lowest BCUT2D eigenvalue weighted by atomic mass is 10.2. The van der Waals surface area contributed by atoms with E-state index in [0.717, 1.165) is 27.8 Å². The third-order valence-corrected chi connectivity index (χ3v) is 3.71. The summed E-state index contributed by atoms with van der Waals surface area (Å²) in [6, 6.07) is 3.66. The Hall–Kier alpha value is -1.00. The number of nitrogens with zero attached hydrogens (tertiary/aromatic N) is 2. The number of thioether (sulfide) groups is 1. The molecule has 5 heteroatoms. The molecule has 0 saturated heterocycles. The van der Waals surface area contributed by atoms with E-state index in [4.69, 9.17) is 16.1 Å². The second-order valence-corrected chi connectivity index (χ2v) is 4.75. The summed E-state index contributed by atoms with van der Waals surface area (Å²) in [5.41, 5.74) is 2.05. The van der Waals surface area contributed by atoms with E-state index in [-0.39, 0.29) is 0 Å². The van der Waals surface area contributed by atoms with Crippen molar-refractivity contribution in [2.75, 3.05) is 0 Å². The number of hydrogen-bond donors (Lipinski definition) is 0. The number of halogens is 1. The van der Waals surface area contributed by atoms with Crippen LogP contribution in [-0.2, 0) is 5.75 Å². The van der Waals surface area contributed by atoms with E-state index < -0.39 is 0 Å². The van der Waals surface area contributed by atoms with Crippen LogP contribution in [0.1, 0.15) is 17.0 Å². The fraction of sp³-hybridized carbons (Fsp3) is 0.273. The highest BCUT2D eigenvalue weighted by atomic mass is 35.5. The molecule has 0 unspecified atom stereocenters. The van der Waals surface area contributed by atoms with Crippen LogP contribution in [-0.4, -0.2) is 10.1 Å². The van der Waals surface area contributed by atoms with Gasteiger partial charge in [0.15, 0.2) is 0 Å². The van der Waals surface area contributed by atoms with Crippen LogP contribution in [0.25, 0.3) is 0 Å². The summed E-state index contributed by atoms with van der Waals surface area (Å²) in [6.45, 7) is 3.85. The van der Waals surface area contributed by atoms with Gasteiger partial charge in [0.1, 0.15) is 10.8 Å².